The molecule has 5 heteroatoms. The topological polar surface area (TPSA) is 61.6 Å². The number of hydrogen-bond donors (Lipinski definition) is 0. The van der Waals surface area contributed by atoms with Crippen LogP contribution in [0.2, 0.25) is 0 Å². The lowest BCUT2D eigenvalue weighted by molar-refractivity contribution is -0.386. The first-order valence-electron chi connectivity index (χ1n) is 9.73. The molecule has 0 fully saturated rings. The van der Waals surface area contributed by atoms with Crippen LogP contribution in [-0.4, -0.2) is 18.1 Å². The number of rotatable bonds is 15. The highest BCUT2D eigenvalue weighted by atomic mass is 16.6. The van der Waals surface area contributed by atoms with E-state index in [9.17, 15) is 10.1 Å². The molecule has 5 nitrogen and oxygen atoms in total. The van der Waals surface area contributed by atoms with Gasteiger partial charge in [0.05, 0.1) is 24.2 Å². The first-order valence-corrected chi connectivity index (χ1v) is 9.73. The number of hydrogen-bond acceptors (Lipinski definition) is 4. The summed E-state index contributed by atoms with van der Waals surface area (Å²) >= 11 is 0. The van der Waals surface area contributed by atoms with E-state index < -0.39 is 4.92 Å². The van der Waals surface area contributed by atoms with Crippen LogP contribution in [-0.2, 0) is 0 Å². The molecule has 0 radical (unpaired) electrons. The largest absolute Gasteiger partial charge is 0.493 e. The molecule has 142 valence electrons. The van der Waals surface area contributed by atoms with Gasteiger partial charge in [0.1, 0.15) is 5.75 Å². The summed E-state index contributed by atoms with van der Waals surface area (Å²) in [6.45, 7) is 5.47. The van der Waals surface area contributed by atoms with Crippen LogP contribution in [0.4, 0.5) is 5.69 Å². The molecule has 0 bridgehead atoms. The van der Waals surface area contributed by atoms with Gasteiger partial charge in [-0.25, -0.2) is 0 Å². The Morgan fingerprint density at radius 3 is 1.96 bits per heavy atom. The highest BCUT2D eigenvalue weighted by Gasteiger charge is 2.16. The van der Waals surface area contributed by atoms with Gasteiger partial charge in [-0.05, 0) is 25.0 Å². The van der Waals surface area contributed by atoms with Crippen LogP contribution in [0.15, 0.2) is 18.2 Å². The summed E-state index contributed by atoms with van der Waals surface area (Å²) in [6, 6.07) is 4.88. The molecule has 0 spiro atoms. The van der Waals surface area contributed by atoms with Gasteiger partial charge in [-0.3, -0.25) is 10.1 Å². The first kappa shape index (κ1) is 21.3. The molecule has 25 heavy (non-hydrogen) atoms. The number of nitro benzene ring substituents is 1. The molecule has 0 aliphatic heterocycles. The third kappa shape index (κ3) is 9.32. The highest BCUT2D eigenvalue weighted by Crippen LogP contribution is 2.31. The van der Waals surface area contributed by atoms with Crippen molar-refractivity contribution in [1.29, 1.82) is 0 Å². The van der Waals surface area contributed by atoms with Crippen molar-refractivity contribution in [1.82, 2.24) is 0 Å². The zero-order chi connectivity index (χ0) is 18.3. The van der Waals surface area contributed by atoms with Gasteiger partial charge in [-0.1, -0.05) is 65.2 Å². The summed E-state index contributed by atoms with van der Waals surface area (Å²) < 4.78 is 11.2. The third-order valence-corrected chi connectivity index (χ3v) is 4.15. The van der Waals surface area contributed by atoms with Crippen LogP contribution >= 0.6 is 0 Å². The molecule has 0 aromatic heterocycles. The van der Waals surface area contributed by atoms with E-state index in [4.69, 9.17) is 9.47 Å². The van der Waals surface area contributed by atoms with Gasteiger partial charge in [0, 0.05) is 0 Å². The lowest BCUT2D eigenvalue weighted by atomic mass is 10.2. The van der Waals surface area contributed by atoms with E-state index in [1.54, 1.807) is 12.1 Å². The molecule has 1 rings (SSSR count). The molecule has 0 saturated carbocycles. The molecule has 0 amide bonds. The van der Waals surface area contributed by atoms with Crippen LogP contribution in [0.3, 0.4) is 0 Å². The summed E-state index contributed by atoms with van der Waals surface area (Å²) in [5, 5.41) is 11.3. The Hall–Kier alpha value is -1.78. The SMILES string of the molecule is CCCCCCCOc1ccc(OCCCCCCC)c([N+](=O)[O-])c1. The van der Waals surface area contributed by atoms with Crippen LogP contribution in [0, 0.1) is 10.1 Å². The average molecular weight is 351 g/mol. The highest BCUT2D eigenvalue weighted by molar-refractivity contribution is 5.50. The van der Waals surface area contributed by atoms with Crippen molar-refractivity contribution in [2.45, 2.75) is 78.1 Å². The molecule has 0 aliphatic rings. The molecule has 1 aromatic carbocycles. The van der Waals surface area contributed by atoms with E-state index in [-0.39, 0.29) is 5.69 Å². The van der Waals surface area contributed by atoms with Gasteiger partial charge in [0.15, 0.2) is 5.75 Å². The maximum absolute atomic E-state index is 11.3. The van der Waals surface area contributed by atoms with Crippen molar-refractivity contribution >= 4 is 5.69 Å². The Kier molecular flexibility index (Phi) is 11.5. The number of benzene rings is 1. The maximum atomic E-state index is 11.3. The zero-order valence-electron chi connectivity index (χ0n) is 15.8. The van der Waals surface area contributed by atoms with E-state index in [0.29, 0.717) is 24.7 Å². The molecule has 0 unspecified atom stereocenters. The fourth-order valence-electron chi connectivity index (χ4n) is 2.64. The Morgan fingerprint density at radius 2 is 1.40 bits per heavy atom. The fraction of sp³-hybridized carbons (Fsp3) is 0.700. The van der Waals surface area contributed by atoms with Crippen molar-refractivity contribution in [2.24, 2.45) is 0 Å². The minimum Gasteiger partial charge on any atom is -0.493 e. The van der Waals surface area contributed by atoms with E-state index in [2.05, 4.69) is 13.8 Å². The summed E-state index contributed by atoms with van der Waals surface area (Å²) in [4.78, 5) is 10.9. The zero-order valence-corrected chi connectivity index (χ0v) is 15.8. The molecule has 1 aromatic rings. The molecule has 0 heterocycles. The third-order valence-electron chi connectivity index (χ3n) is 4.15. The minimum atomic E-state index is -0.402. The monoisotopic (exact) mass is 351 g/mol. The second-order valence-corrected chi connectivity index (χ2v) is 6.41. The predicted octanol–water partition coefficient (Wildman–Crippen LogP) is 6.29. The fourth-order valence-corrected chi connectivity index (χ4v) is 2.64. The van der Waals surface area contributed by atoms with Gasteiger partial charge < -0.3 is 9.47 Å². The molecule has 0 N–H and O–H groups in total. The Labute approximate surface area is 151 Å². The van der Waals surface area contributed by atoms with Gasteiger partial charge in [-0.15, -0.1) is 0 Å². The first-order chi connectivity index (χ1) is 12.2. The van der Waals surface area contributed by atoms with Crippen molar-refractivity contribution in [2.75, 3.05) is 13.2 Å². The molecular weight excluding hydrogens is 318 g/mol. The van der Waals surface area contributed by atoms with E-state index >= 15 is 0 Å². The Bertz CT molecular complexity index is 491. The van der Waals surface area contributed by atoms with E-state index in [1.807, 2.05) is 0 Å². The van der Waals surface area contributed by atoms with Crippen LogP contribution in [0.5, 0.6) is 11.5 Å². The minimum absolute atomic E-state index is 0.0166. The standard InChI is InChI=1S/C20H33NO4/c1-3-5-7-9-11-15-24-18-13-14-20(19(17-18)21(22)23)25-16-12-10-8-6-4-2/h13-14,17H,3-12,15-16H2,1-2H3. The predicted molar refractivity (Wildman–Crippen MR) is 102 cm³/mol. The average Bonchev–Trinajstić information content (AvgIpc) is 2.61. The van der Waals surface area contributed by atoms with Gasteiger partial charge in [0.25, 0.3) is 0 Å². The summed E-state index contributed by atoms with van der Waals surface area (Å²) in [5.41, 5.74) is -0.0166. The summed E-state index contributed by atoms with van der Waals surface area (Å²) in [6.07, 6.45) is 11.4. The van der Waals surface area contributed by atoms with Crippen LogP contribution in [0.25, 0.3) is 0 Å². The van der Waals surface area contributed by atoms with Gasteiger partial charge in [0.2, 0.25) is 0 Å². The van der Waals surface area contributed by atoms with Gasteiger partial charge in [-0.2, -0.15) is 0 Å². The quantitative estimate of drug-likeness (QED) is 0.211. The van der Waals surface area contributed by atoms with E-state index in [1.165, 1.54) is 44.6 Å². The van der Waals surface area contributed by atoms with Crippen molar-refractivity contribution in [3.8, 4) is 11.5 Å². The second kappa shape index (κ2) is 13.5. The molecule has 0 aliphatic carbocycles. The number of nitro groups is 1. The second-order valence-electron chi connectivity index (χ2n) is 6.41. The Morgan fingerprint density at radius 1 is 0.840 bits per heavy atom. The van der Waals surface area contributed by atoms with Crippen LogP contribution < -0.4 is 9.47 Å². The number of nitrogens with zero attached hydrogens (tertiary/aromatic N) is 1. The Balaban J connectivity index is 2.42. The van der Waals surface area contributed by atoms with Crippen molar-refractivity contribution < 1.29 is 14.4 Å². The smallest absolute Gasteiger partial charge is 0.314 e. The number of ether oxygens (including phenoxy) is 2. The van der Waals surface area contributed by atoms with Crippen molar-refractivity contribution in [3.63, 3.8) is 0 Å². The van der Waals surface area contributed by atoms with Crippen LogP contribution in [0.1, 0.15) is 78.1 Å². The van der Waals surface area contributed by atoms with E-state index in [0.717, 1.165) is 25.7 Å². The normalized spacial score (nSPS) is 10.6. The van der Waals surface area contributed by atoms with Gasteiger partial charge >= 0.3 is 5.69 Å². The maximum Gasteiger partial charge on any atom is 0.314 e. The molecule has 0 atom stereocenters. The molecular formula is C20H33NO4. The molecule has 0 saturated heterocycles. The lowest BCUT2D eigenvalue weighted by Crippen LogP contribution is -2.02. The summed E-state index contributed by atoms with van der Waals surface area (Å²) in [7, 11) is 0. The summed E-state index contributed by atoms with van der Waals surface area (Å²) in [5.74, 6) is 0.869. The number of unbranched alkanes of at least 4 members (excludes halogenated alkanes) is 8. The lowest BCUT2D eigenvalue weighted by Gasteiger charge is -2.09. The van der Waals surface area contributed by atoms with Crippen molar-refractivity contribution in [3.05, 3.63) is 28.3 Å².